The summed E-state index contributed by atoms with van der Waals surface area (Å²) in [7, 11) is 0. The second-order valence-electron chi connectivity index (χ2n) is 7.95. The normalized spacial score (nSPS) is 14.6. The average molecular weight is 430 g/mol. The molecule has 0 radical (unpaired) electrons. The minimum absolute atomic E-state index is 0.0273. The molecule has 32 heavy (non-hydrogen) atoms. The van der Waals surface area contributed by atoms with E-state index in [2.05, 4.69) is 14.9 Å². The van der Waals surface area contributed by atoms with Gasteiger partial charge in [-0.2, -0.15) is 4.98 Å². The second-order valence-corrected chi connectivity index (χ2v) is 7.95. The van der Waals surface area contributed by atoms with Gasteiger partial charge in [-0.1, -0.05) is 18.2 Å². The topological polar surface area (TPSA) is 62.5 Å². The monoisotopic (exact) mass is 430 g/mol. The fourth-order valence-corrected chi connectivity index (χ4v) is 4.10. The summed E-state index contributed by atoms with van der Waals surface area (Å²) in [6, 6.07) is 20.0. The Morgan fingerprint density at radius 3 is 2.50 bits per heavy atom. The summed E-state index contributed by atoms with van der Waals surface area (Å²) in [5.41, 5.74) is 3.05. The van der Waals surface area contributed by atoms with Crippen LogP contribution in [-0.2, 0) is 11.3 Å². The highest BCUT2D eigenvalue weighted by Crippen LogP contribution is 2.29. The number of halogens is 1. The number of anilines is 2. The molecule has 1 aliphatic heterocycles. The van der Waals surface area contributed by atoms with E-state index >= 15 is 0 Å². The van der Waals surface area contributed by atoms with E-state index in [1.807, 2.05) is 42.5 Å². The van der Waals surface area contributed by atoms with Crippen LogP contribution in [0.2, 0.25) is 0 Å². The van der Waals surface area contributed by atoms with Crippen LogP contribution in [0.4, 0.5) is 16.1 Å². The van der Waals surface area contributed by atoms with E-state index in [4.69, 9.17) is 4.42 Å². The molecule has 1 saturated heterocycles. The number of pyridine rings is 1. The number of hydrogen-bond donors (Lipinski definition) is 0. The van der Waals surface area contributed by atoms with Crippen molar-refractivity contribution in [1.82, 2.24) is 9.97 Å². The lowest BCUT2D eigenvalue weighted by Crippen LogP contribution is -2.42. The van der Waals surface area contributed by atoms with Crippen molar-refractivity contribution in [2.75, 3.05) is 22.9 Å². The van der Waals surface area contributed by atoms with Crippen molar-refractivity contribution in [3.05, 3.63) is 84.4 Å². The van der Waals surface area contributed by atoms with Crippen LogP contribution < -0.4 is 9.80 Å². The Balaban J connectivity index is 1.32. The SMILES string of the molecule is O=C(C1CCN(c2nc3ccccc3o2)CC1)N(Cc1ccccn1)c1ccc(F)cc1. The van der Waals surface area contributed by atoms with Crippen molar-refractivity contribution in [1.29, 1.82) is 0 Å². The van der Waals surface area contributed by atoms with Crippen LogP contribution in [0, 0.1) is 11.7 Å². The molecule has 0 spiro atoms. The van der Waals surface area contributed by atoms with Crippen LogP contribution in [0.5, 0.6) is 0 Å². The number of para-hydroxylation sites is 2. The highest BCUT2D eigenvalue weighted by Gasteiger charge is 2.31. The number of aromatic nitrogens is 2. The molecule has 0 atom stereocenters. The first kappa shape index (κ1) is 20.2. The van der Waals surface area contributed by atoms with E-state index in [9.17, 15) is 9.18 Å². The lowest BCUT2D eigenvalue weighted by molar-refractivity contribution is -0.123. The summed E-state index contributed by atoms with van der Waals surface area (Å²) in [6.07, 6.45) is 3.09. The summed E-state index contributed by atoms with van der Waals surface area (Å²) in [5.74, 6) is -0.436. The molecule has 3 heterocycles. The Labute approximate surface area is 185 Å². The predicted octanol–water partition coefficient (Wildman–Crippen LogP) is 4.81. The fraction of sp³-hybridized carbons (Fsp3) is 0.240. The highest BCUT2D eigenvalue weighted by molar-refractivity contribution is 5.95. The van der Waals surface area contributed by atoms with Gasteiger partial charge in [0.1, 0.15) is 11.3 Å². The summed E-state index contributed by atoms with van der Waals surface area (Å²) in [6.45, 7) is 1.71. The molecule has 1 aliphatic rings. The maximum Gasteiger partial charge on any atom is 0.298 e. The van der Waals surface area contributed by atoms with Crippen molar-refractivity contribution in [3.63, 3.8) is 0 Å². The average Bonchev–Trinajstić information content (AvgIpc) is 3.28. The van der Waals surface area contributed by atoms with Gasteiger partial charge in [0.25, 0.3) is 6.01 Å². The van der Waals surface area contributed by atoms with E-state index in [1.165, 1.54) is 12.1 Å². The number of nitrogens with zero attached hydrogens (tertiary/aromatic N) is 4. The number of benzene rings is 2. The maximum absolute atomic E-state index is 13.5. The Morgan fingerprint density at radius 1 is 1.03 bits per heavy atom. The van der Waals surface area contributed by atoms with Gasteiger partial charge < -0.3 is 14.2 Å². The molecular weight excluding hydrogens is 407 g/mol. The fourth-order valence-electron chi connectivity index (χ4n) is 4.10. The third kappa shape index (κ3) is 4.19. The molecule has 1 fully saturated rings. The third-order valence-corrected chi connectivity index (χ3v) is 5.85. The number of rotatable bonds is 5. The lowest BCUT2D eigenvalue weighted by Gasteiger charge is -2.33. The Hall–Kier alpha value is -3.74. The van der Waals surface area contributed by atoms with Gasteiger partial charge >= 0.3 is 0 Å². The number of carbonyl (C=O) groups is 1. The minimum atomic E-state index is -0.328. The van der Waals surface area contributed by atoms with Gasteiger partial charge in [-0.3, -0.25) is 9.78 Å². The molecule has 1 amide bonds. The molecule has 7 heteroatoms. The van der Waals surface area contributed by atoms with E-state index in [0.29, 0.717) is 44.2 Å². The molecule has 4 aromatic rings. The summed E-state index contributed by atoms with van der Waals surface area (Å²) in [5, 5.41) is 0. The number of amides is 1. The van der Waals surface area contributed by atoms with Gasteiger partial charge in [-0.25, -0.2) is 4.39 Å². The van der Waals surface area contributed by atoms with Gasteiger partial charge in [0.05, 0.1) is 12.2 Å². The predicted molar refractivity (Wildman–Crippen MR) is 121 cm³/mol. The van der Waals surface area contributed by atoms with Crippen molar-refractivity contribution in [2.24, 2.45) is 5.92 Å². The van der Waals surface area contributed by atoms with Crippen LogP contribution in [0.25, 0.3) is 11.1 Å². The van der Waals surface area contributed by atoms with Crippen molar-refractivity contribution in [3.8, 4) is 0 Å². The van der Waals surface area contributed by atoms with Gasteiger partial charge in [-0.05, 0) is 61.4 Å². The molecule has 0 bridgehead atoms. The Morgan fingerprint density at radius 2 is 1.78 bits per heavy atom. The van der Waals surface area contributed by atoms with E-state index in [0.717, 1.165) is 16.8 Å². The number of hydrogen-bond acceptors (Lipinski definition) is 5. The molecule has 0 aliphatic carbocycles. The summed E-state index contributed by atoms with van der Waals surface area (Å²) >= 11 is 0. The quantitative estimate of drug-likeness (QED) is 0.455. The zero-order valence-corrected chi connectivity index (χ0v) is 17.5. The Kier molecular flexibility index (Phi) is 5.54. The summed E-state index contributed by atoms with van der Waals surface area (Å²) < 4.78 is 19.4. The first-order chi connectivity index (χ1) is 15.7. The maximum atomic E-state index is 13.5. The smallest absolute Gasteiger partial charge is 0.298 e. The standard InChI is InChI=1S/C25H23FN4O2/c26-19-8-10-21(11-9-19)30(17-20-5-3-4-14-27-20)24(31)18-12-15-29(16-13-18)25-28-22-6-1-2-7-23(22)32-25/h1-11,14,18H,12-13,15-17H2. The van der Waals surface area contributed by atoms with Crippen LogP contribution in [0.3, 0.4) is 0 Å². The first-order valence-electron chi connectivity index (χ1n) is 10.7. The minimum Gasteiger partial charge on any atom is -0.423 e. The molecule has 5 rings (SSSR count). The van der Waals surface area contributed by atoms with Gasteiger partial charge in [0.2, 0.25) is 5.91 Å². The van der Waals surface area contributed by atoms with Crippen molar-refractivity contribution >= 4 is 28.7 Å². The highest BCUT2D eigenvalue weighted by atomic mass is 19.1. The van der Waals surface area contributed by atoms with E-state index < -0.39 is 0 Å². The Bertz CT molecular complexity index is 1170. The first-order valence-corrected chi connectivity index (χ1v) is 10.7. The van der Waals surface area contributed by atoms with E-state index in [1.54, 1.807) is 23.2 Å². The largest absolute Gasteiger partial charge is 0.423 e. The third-order valence-electron chi connectivity index (χ3n) is 5.85. The van der Waals surface area contributed by atoms with Crippen molar-refractivity contribution in [2.45, 2.75) is 19.4 Å². The van der Waals surface area contributed by atoms with Gasteiger partial charge in [0.15, 0.2) is 5.58 Å². The molecule has 162 valence electrons. The molecule has 6 nitrogen and oxygen atoms in total. The molecular formula is C25H23FN4O2. The molecule has 0 N–H and O–H groups in total. The second kappa shape index (κ2) is 8.78. The lowest BCUT2D eigenvalue weighted by atomic mass is 9.95. The van der Waals surface area contributed by atoms with Crippen LogP contribution >= 0.6 is 0 Å². The zero-order chi connectivity index (χ0) is 21.9. The number of piperidine rings is 1. The van der Waals surface area contributed by atoms with E-state index in [-0.39, 0.29) is 17.6 Å². The van der Waals surface area contributed by atoms with Crippen molar-refractivity contribution < 1.29 is 13.6 Å². The number of oxazole rings is 1. The van der Waals surface area contributed by atoms with Gasteiger partial charge in [-0.15, -0.1) is 0 Å². The number of carbonyl (C=O) groups excluding carboxylic acids is 1. The molecule has 0 saturated carbocycles. The van der Waals surface area contributed by atoms with Crippen LogP contribution in [0.1, 0.15) is 18.5 Å². The van der Waals surface area contributed by atoms with Crippen LogP contribution in [-0.4, -0.2) is 29.0 Å². The molecule has 2 aromatic heterocycles. The summed E-state index contributed by atoms with van der Waals surface area (Å²) in [4.78, 5) is 26.3. The van der Waals surface area contributed by atoms with Gasteiger partial charge in [0, 0.05) is 30.9 Å². The molecule has 2 aromatic carbocycles. The molecule has 0 unspecified atom stereocenters. The zero-order valence-electron chi connectivity index (χ0n) is 17.5. The number of fused-ring (bicyclic) bond motifs is 1. The van der Waals surface area contributed by atoms with Crippen LogP contribution in [0.15, 0.2) is 77.3 Å².